The summed E-state index contributed by atoms with van der Waals surface area (Å²) < 4.78 is 36.7. The van der Waals surface area contributed by atoms with Crippen molar-refractivity contribution in [2.24, 2.45) is 11.8 Å². The van der Waals surface area contributed by atoms with Gasteiger partial charge in [0.1, 0.15) is 0 Å². The van der Waals surface area contributed by atoms with Gasteiger partial charge in [0.05, 0.1) is 0 Å². The van der Waals surface area contributed by atoms with Gasteiger partial charge in [-0.2, -0.15) is 13.2 Å². The maximum atomic E-state index is 12.2. The predicted molar refractivity (Wildman–Crippen MR) is 73.1 cm³/mol. The highest BCUT2D eigenvalue weighted by Crippen LogP contribution is 2.32. The molecule has 0 bridgehead atoms. The van der Waals surface area contributed by atoms with Crippen molar-refractivity contribution in [3.8, 4) is 0 Å². The zero-order valence-electron chi connectivity index (χ0n) is 12.2. The molecule has 1 saturated carbocycles. The third kappa shape index (κ3) is 7.19. The quantitative estimate of drug-likeness (QED) is 0.698. The molecule has 0 aromatic rings. The maximum absolute atomic E-state index is 12.2. The molecule has 4 heteroatoms. The smallest absolute Gasteiger partial charge is 0.314 e. The lowest BCUT2D eigenvalue weighted by Crippen LogP contribution is -2.38. The highest BCUT2D eigenvalue weighted by Gasteiger charge is 2.29. The molecule has 114 valence electrons. The molecule has 0 amide bonds. The molecular weight excluding hydrogens is 251 g/mol. The molecule has 1 atom stereocenters. The number of hydrogen-bond donors (Lipinski definition) is 1. The van der Waals surface area contributed by atoms with E-state index in [9.17, 15) is 13.2 Å². The third-order valence-corrected chi connectivity index (χ3v) is 4.26. The Bertz CT molecular complexity index is 232. The van der Waals surface area contributed by atoms with Gasteiger partial charge in [0.15, 0.2) is 0 Å². The zero-order valence-corrected chi connectivity index (χ0v) is 12.2. The maximum Gasteiger partial charge on any atom is 0.389 e. The van der Waals surface area contributed by atoms with Crippen molar-refractivity contribution in [1.82, 2.24) is 5.32 Å². The molecule has 0 aromatic carbocycles. The first kappa shape index (κ1) is 16.8. The fourth-order valence-electron chi connectivity index (χ4n) is 3.04. The molecule has 1 nitrogen and oxygen atoms in total. The Morgan fingerprint density at radius 1 is 1.16 bits per heavy atom. The van der Waals surface area contributed by atoms with Crippen molar-refractivity contribution in [1.29, 1.82) is 0 Å². The largest absolute Gasteiger partial charge is 0.389 e. The molecule has 1 unspecified atom stereocenters. The minimum atomic E-state index is -4.00. The molecule has 1 aliphatic rings. The number of halogens is 3. The summed E-state index contributed by atoms with van der Waals surface area (Å²) in [5.74, 6) is 1.37. The average molecular weight is 279 g/mol. The van der Waals surface area contributed by atoms with E-state index in [-0.39, 0.29) is 12.5 Å². The zero-order chi connectivity index (χ0) is 14.3. The summed E-state index contributed by atoms with van der Waals surface area (Å²) in [4.78, 5) is 0. The summed E-state index contributed by atoms with van der Waals surface area (Å²) in [6.45, 7) is 5.29. The van der Waals surface area contributed by atoms with Gasteiger partial charge in [-0.25, -0.2) is 0 Å². The molecule has 1 rings (SSSR count). The summed E-state index contributed by atoms with van der Waals surface area (Å²) in [5, 5.41) is 3.47. The monoisotopic (exact) mass is 279 g/mol. The summed E-state index contributed by atoms with van der Waals surface area (Å²) >= 11 is 0. The molecule has 0 aliphatic heterocycles. The topological polar surface area (TPSA) is 12.0 Å². The third-order valence-electron chi connectivity index (χ3n) is 4.26. The minimum absolute atomic E-state index is 0.261. The van der Waals surface area contributed by atoms with E-state index in [0.29, 0.717) is 12.3 Å². The standard InChI is InChI=1S/C15H28F3N/c1-3-11-19-14(5-4-10-15(16,17)18)13-8-6-12(2)7-9-13/h12-14,19H,3-11H2,1-2H3. The predicted octanol–water partition coefficient (Wildman–Crippen LogP) is 4.91. The van der Waals surface area contributed by atoms with Gasteiger partial charge in [-0.1, -0.05) is 26.7 Å². The van der Waals surface area contributed by atoms with Crippen molar-refractivity contribution in [2.75, 3.05) is 6.54 Å². The summed E-state index contributed by atoms with van der Waals surface area (Å²) in [6.07, 6.45) is 2.14. The van der Waals surface area contributed by atoms with Crippen LogP contribution < -0.4 is 5.32 Å². The molecule has 1 N–H and O–H groups in total. The molecule has 0 radical (unpaired) electrons. The van der Waals surface area contributed by atoms with Crippen LogP contribution in [0.5, 0.6) is 0 Å². The Morgan fingerprint density at radius 2 is 1.79 bits per heavy atom. The van der Waals surface area contributed by atoms with E-state index in [4.69, 9.17) is 0 Å². The Hall–Kier alpha value is -0.250. The number of alkyl halides is 3. The highest BCUT2D eigenvalue weighted by molar-refractivity contribution is 4.81. The SMILES string of the molecule is CCCNC(CCCC(F)(F)F)C1CCC(C)CC1. The molecule has 0 heterocycles. The van der Waals surface area contributed by atoms with Crippen LogP contribution in [0.1, 0.15) is 65.2 Å². The van der Waals surface area contributed by atoms with Gasteiger partial charge in [0.2, 0.25) is 0 Å². The lowest BCUT2D eigenvalue weighted by Gasteiger charge is -2.33. The molecule has 19 heavy (non-hydrogen) atoms. The van der Waals surface area contributed by atoms with Gasteiger partial charge in [-0.15, -0.1) is 0 Å². The summed E-state index contributed by atoms with van der Waals surface area (Å²) in [6, 6.07) is 0.287. The van der Waals surface area contributed by atoms with Crippen molar-refractivity contribution in [2.45, 2.75) is 77.4 Å². The van der Waals surface area contributed by atoms with Crippen LogP contribution in [0.4, 0.5) is 13.2 Å². The van der Waals surface area contributed by atoms with Crippen LogP contribution in [0.15, 0.2) is 0 Å². The van der Waals surface area contributed by atoms with Crippen LogP contribution in [0.2, 0.25) is 0 Å². The first-order valence-electron chi connectivity index (χ1n) is 7.72. The lowest BCUT2D eigenvalue weighted by atomic mass is 9.78. The second-order valence-corrected chi connectivity index (χ2v) is 6.09. The summed E-state index contributed by atoms with van der Waals surface area (Å²) in [7, 11) is 0. The van der Waals surface area contributed by atoms with Crippen LogP contribution >= 0.6 is 0 Å². The second kappa shape index (κ2) is 8.13. The Balaban J connectivity index is 2.37. The number of nitrogens with one attached hydrogen (secondary N) is 1. The van der Waals surface area contributed by atoms with Gasteiger partial charge in [0, 0.05) is 12.5 Å². The van der Waals surface area contributed by atoms with Gasteiger partial charge in [-0.05, 0) is 50.5 Å². The minimum Gasteiger partial charge on any atom is -0.314 e. The number of rotatable bonds is 7. The number of hydrogen-bond acceptors (Lipinski definition) is 1. The van der Waals surface area contributed by atoms with E-state index in [1.807, 2.05) is 0 Å². The van der Waals surface area contributed by atoms with E-state index in [1.165, 1.54) is 25.7 Å². The van der Waals surface area contributed by atoms with Gasteiger partial charge >= 0.3 is 6.18 Å². The first-order valence-corrected chi connectivity index (χ1v) is 7.72. The molecule has 1 aliphatic carbocycles. The van der Waals surface area contributed by atoms with Gasteiger partial charge < -0.3 is 5.32 Å². The molecule has 1 fully saturated rings. The van der Waals surface area contributed by atoms with Crippen LogP contribution in [-0.2, 0) is 0 Å². The fourth-order valence-corrected chi connectivity index (χ4v) is 3.04. The normalized spacial score (nSPS) is 26.4. The second-order valence-electron chi connectivity index (χ2n) is 6.09. The Kier molecular flexibility index (Phi) is 7.19. The van der Waals surface area contributed by atoms with Gasteiger partial charge in [-0.3, -0.25) is 0 Å². The van der Waals surface area contributed by atoms with E-state index < -0.39 is 12.6 Å². The summed E-state index contributed by atoms with van der Waals surface area (Å²) in [5.41, 5.74) is 0. The first-order chi connectivity index (χ1) is 8.92. The van der Waals surface area contributed by atoms with E-state index in [2.05, 4.69) is 19.2 Å². The molecule has 0 aromatic heterocycles. The molecule has 0 spiro atoms. The van der Waals surface area contributed by atoms with Crippen LogP contribution in [0.3, 0.4) is 0 Å². The van der Waals surface area contributed by atoms with Gasteiger partial charge in [0.25, 0.3) is 0 Å². The highest BCUT2D eigenvalue weighted by atomic mass is 19.4. The van der Waals surface area contributed by atoms with Crippen molar-refractivity contribution in [3.63, 3.8) is 0 Å². The van der Waals surface area contributed by atoms with E-state index >= 15 is 0 Å². The Morgan fingerprint density at radius 3 is 2.32 bits per heavy atom. The van der Waals surface area contributed by atoms with E-state index in [1.54, 1.807) is 0 Å². The van der Waals surface area contributed by atoms with Crippen molar-refractivity contribution < 1.29 is 13.2 Å². The average Bonchev–Trinajstić information content (AvgIpc) is 2.33. The van der Waals surface area contributed by atoms with E-state index in [0.717, 1.165) is 18.9 Å². The van der Waals surface area contributed by atoms with Crippen LogP contribution in [0, 0.1) is 11.8 Å². The molecule has 0 saturated heterocycles. The van der Waals surface area contributed by atoms with Crippen molar-refractivity contribution in [3.05, 3.63) is 0 Å². The Labute approximate surface area is 115 Å². The lowest BCUT2D eigenvalue weighted by molar-refractivity contribution is -0.136. The van der Waals surface area contributed by atoms with Crippen LogP contribution in [0.25, 0.3) is 0 Å². The van der Waals surface area contributed by atoms with Crippen LogP contribution in [-0.4, -0.2) is 18.8 Å². The molecular formula is C15H28F3N. The fraction of sp³-hybridized carbons (Fsp3) is 1.00. The van der Waals surface area contributed by atoms with Crippen molar-refractivity contribution >= 4 is 0 Å².